The molecule has 0 saturated carbocycles. The highest BCUT2D eigenvalue weighted by atomic mass is 19.1. The number of hydrogen-bond donors (Lipinski definition) is 1. The lowest BCUT2D eigenvalue weighted by atomic mass is 9.87. The van der Waals surface area contributed by atoms with Gasteiger partial charge in [-0.1, -0.05) is 43.0 Å². The van der Waals surface area contributed by atoms with Crippen LogP contribution in [0.15, 0.2) is 48.1 Å². The summed E-state index contributed by atoms with van der Waals surface area (Å²) in [5.41, 5.74) is 2.19. The summed E-state index contributed by atoms with van der Waals surface area (Å²) in [4.78, 5) is 11.7. The number of halogens is 3. The van der Waals surface area contributed by atoms with Crippen molar-refractivity contribution in [2.45, 2.75) is 78.1 Å². The van der Waals surface area contributed by atoms with Crippen LogP contribution in [0.5, 0.6) is 0 Å². The second-order valence-electron chi connectivity index (χ2n) is 8.83. The molecular weight excluding hydrogens is 479 g/mol. The van der Waals surface area contributed by atoms with E-state index in [9.17, 15) is 18.0 Å². The molecule has 0 aliphatic carbocycles. The molecule has 208 valence electrons. The van der Waals surface area contributed by atoms with Crippen molar-refractivity contribution in [2.24, 2.45) is 5.92 Å². The number of benzene rings is 1. The SMILES string of the molecule is C#C/C=C/C(C)F.C/C=C(/C)CN[C@@H](c1cccc(F)c1)C1CCC(COC(=O)CCCC)OC1.CF. The Morgan fingerprint density at radius 1 is 1.35 bits per heavy atom. The third kappa shape index (κ3) is 16.0. The quantitative estimate of drug-likeness (QED) is 0.191. The molecule has 0 amide bonds. The van der Waals surface area contributed by atoms with Crippen molar-refractivity contribution in [3.63, 3.8) is 0 Å². The molecule has 3 unspecified atom stereocenters. The van der Waals surface area contributed by atoms with E-state index in [1.54, 1.807) is 12.1 Å². The lowest BCUT2D eigenvalue weighted by Crippen LogP contribution is -2.38. The molecule has 2 rings (SSSR count). The molecule has 0 bridgehead atoms. The van der Waals surface area contributed by atoms with E-state index in [2.05, 4.69) is 31.2 Å². The summed E-state index contributed by atoms with van der Waals surface area (Å²) in [6.45, 7) is 9.23. The number of nitrogens with one attached hydrogen (secondary N) is 1. The number of allylic oxidation sites excluding steroid dienone is 3. The van der Waals surface area contributed by atoms with Gasteiger partial charge >= 0.3 is 5.97 Å². The molecule has 4 atom stereocenters. The fraction of sp³-hybridized carbons (Fsp3) is 0.567. The van der Waals surface area contributed by atoms with Gasteiger partial charge in [0.15, 0.2) is 0 Å². The predicted molar refractivity (Wildman–Crippen MR) is 145 cm³/mol. The Balaban J connectivity index is 0.00000124. The van der Waals surface area contributed by atoms with Crippen LogP contribution < -0.4 is 5.32 Å². The van der Waals surface area contributed by atoms with Crippen molar-refractivity contribution < 1.29 is 27.4 Å². The molecule has 37 heavy (non-hydrogen) atoms. The van der Waals surface area contributed by atoms with E-state index < -0.39 is 6.17 Å². The highest BCUT2D eigenvalue weighted by Gasteiger charge is 2.30. The predicted octanol–water partition coefficient (Wildman–Crippen LogP) is 7.07. The average molecular weight is 524 g/mol. The molecule has 1 aliphatic heterocycles. The summed E-state index contributed by atoms with van der Waals surface area (Å²) in [6.07, 6.45) is 12.7. The van der Waals surface area contributed by atoms with Crippen LogP contribution in [-0.2, 0) is 14.3 Å². The third-order valence-corrected chi connectivity index (χ3v) is 5.80. The maximum absolute atomic E-state index is 13.8. The molecule has 7 heteroatoms. The van der Waals surface area contributed by atoms with Crippen LogP contribution in [0.3, 0.4) is 0 Å². The van der Waals surface area contributed by atoms with Crippen LogP contribution in [0.2, 0.25) is 0 Å². The molecule has 4 nitrogen and oxygen atoms in total. The molecule has 0 aromatic heterocycles. The van der Waals surface area contributed by atoms with Crippen molar-refractivity contribution in [3.8, 4) is 12.3 Å². The van der Waals surface area contributed by atoms with Gasteiger partial charge < -0.3 is 14.8 Å². The minimum Gasteiger partial charge on any atom is -0.463 e. The Morgan fingerprint density at radius 2 is 2.08 bits per heavy atom. The van der Waals surface area contributed by atoms with Gasteiger partial charge in [0.2, 0.25) is 0 Å². The molecule has 1 aliphatic rings. The Labute approximate surface area is 221 Å². The second-order valence-corrected chi connectivity index (χ2v) is 8.83. The monoisotopic (exact) mass is 523 g/mol. The first kappa shape index (κ1) is 34.4. The Kier molecular flexibility index (Phi) is 20.0. The number of hydrogen-bond acceptors (Lipinski definition) is 4. The van der Waals surface area contributed by atoms with Gasteiger partial charge in [0, 0.05) is 24.9 Å². The number of terminal acetylenes is 1. The van der Waals surface area contributed by atoms with Crippen LogP contribution >= 0.6 is 0 Å². The number of ether oxygens (including phenoxy) is 2. The van der Waals surface area contributed by atoms with Gasteiger partial charge in [-0.25, -0.2) is 8.78 Å². The number of esters is 1. The highest BCUT2D eigenvalue weighted by Crippen LogP contribution is 2.31. The molecule has 1 aromatic rings. The van der Waals surface area contributed by atoms with E-state index in [4.69, 9.17) is 15.9 Å². The van der Waals surface area contributed by atoms with E-state index in [0.717, 1.165) is 37.8 Å². The normalized spacial score (nSPS) is 18.9. The van der Waals surface area contributed by atoms with Gasteiger partial charge in [0.1, 0.15) is 18.6 Å². The van der Waals surface area contributed by atoms with E-state index in [-0.39, 0.29) is 29.9 Å². The van der Waals surface area contributed by atoms with E-state index >= 15 is 0 Å². The van der Waals surface area contributed by atoms with Crippen LogP contribution in [-0.4, -0.2) is 45.2 Å². The summed E-state index contributed by atoms with van der Waals surface area (Å²) < 4.78 is 46.3. The Hall–Kier alpha value is -2.56. The van der Waals surface area contributed by atoms with E-state index in [0.29, 0.717) is 26.8 Å². The van der Waals surface area contributed by atoms with Gasteiger partial charge in [-0.2, -0.15) is 0 Å². The maximum Gasteiger partial charge on any atom is 0.305 e. The minimum absolute atomic E-state index is 0.0265. The van der Waals surface area contributed by atoms with Crippen molar-refractivity contribution >= 4 is 5.97 Å². The smallest absolute Gasteiger partial charge is 0.305 e. The zero-order valence-electron chi connectivity index (χ0n) is 22.9. The van der Waals surface area contributed by atoms with Gasteiger partial charge in [-0.15, -0.1) is 6.42 Å². The number of carbonyl (C=O) groups is 1. The van der Waals surface area contributed by atoms with Crippen molar-refractivity contribution in [1.82, 2.24) is 5.32 Å². The van der Waals surface area contributed by atoms with E-state index in [1.165, 1.54) is 30.7 Å². The van der Waals surface area contributed by atoms with Crippen LogP contribution in [0.4, 0.5) is 13.2 Å². The summed E-state index contributed by atoms with van der Waals surface area (Å²) in [5.74, 6) is 2.06. The van der Waals surface area contributed by atoms with Crippen molar-refractivity contribution in [3.05, 3.63) is 59.4 Å². The number of rotatable bonds is 11. The summed E-state index contributed by atoms with van der Waals surface area (Å²) in [5, 5.41) is 3.57. The largest absolute Gasteiger partial charge is 0.463 e. The van der Waals surface area contributed by atoms with Crippen LogP contribution in [0.1, 0.15) is 71.4 Å². The van der Waals surface area contributed by atoms with Crippen LogP contribution in [0, 0.1) is 24.1 Å². The van der Waals surface area contributed by atoms with Gasteiger partial charge in [-0.3, -0.25) is 9.18 Å². The fourth-order valence-electron chi connectivity index (χ4n) is 3.62. The first-order valence-electron chi connectivity index (χ1n) is 12.8. The number of unbranched alkanes of at least 4 members (excludes halogenated alkanes) is 1. The zero-order chi connectivity index (χ0) is 28.1. The Morgan fingerprint density at radius 3 is 2.59 bits per heavy atom. The lowest BCUT2D eigenvalue weighted by Gasteiger charge is -2.35. The molecule has 1 heterocycles. The van der Waals surface area contributed by atoms with Crippen molar-refractivity contribution in [2.75, 3.05) is 26.9 Å². The lowest BCUT2D eigenvalue weighted by molar-refractivity contribution is -0.150. The molecule has 1 N–H and O–H groups in total. The maximum atomic E-state index is 13.8. The molecule has 1 fully saturated rings. The van der Waals surface area contributed by atoms with Crippen LogP contribution in [0.25, 0.3) is 0 Å². The first-order valence-corrected chi connectivity index (χ1v) is 12.8. The topological polar surface area (TPSA) is 47.6 Å². The van der Waals surface area contributed by atoms with Gasteiger partial charge in [0.05, 0.1) is 19.9 Å². The molecular formula is C30H44F3NO3. The summed E-state index contributed by atoms with van der Waals surface area (Å²) in [7, 11) is 0.500. The Bertz CT molecular complexity index is 841. The molecule has 0 radical (unpaired) electrons. The van der Waals surface area contributed by atoms with Crippen molar-refractivity contribution in [1.29, 1.82) is 0 Å². The highest BCUT2D eigenvalue weighted by molar-refractivity contribution is 5.69. The first-order chi connectivity index (χ1) is 17.8. The summed E-state index contributed by atoms with van der Waals surface area (Å²) >= 11 is 0. The fourth-order valence-corrected chi connectivity index (χ4v) is 3.62. The molecule has 1 saturated heterocycles. The summed E-state index contributed by atoms with van der Waals surface area (Å²) in [6, 6.07) is 6.82. The average Bonchev–Trinajstić information content (AvgIpc) is 2.91. The van der Waals surface area contributed by atoms with Gasteiger partial charge in [-0.05, 0) is 69.9 Å². The molecule has 0 spiro atoms. The third-order valence-electron chi connectivity index (χ3n) is 5.80. The zero-order valence-corrected chi connectivity index (χ0v) is 22.9. The minimum atomic E-state index is -0.920. The second kappa shape index (κ2) is 21.5. The number of alkyl halides is 2. The standard InChI is InChI=1S/C23H34FNO3.C6H7F.CH3F/c1-4-6-10-22(26)28-16-21-12-11-19(15-27-21)23(25-14-17(3)5-2)18-8-7-9-20(24)13-18;1-3-4-5-6(2)7;1-2/h5,7-9,13,19,21,23,25H,4,6,10-12,14-16H2,1-3H3;1,4-6H,2H3;1H3/b17-5-;5-4+;/t19?,21?,23-;;/m0../s1. The van der Waals surface area contributed by atoms with E-state index in [1.807, 2.05) is 13.0 Å². The number of carbonyl (C=O) groups excluding carboxylic acids is 1. The van der Waals surface area contributed by atoms with Gasteiger partial charge in [0.25, 0.3) is 0 Å². The molecule has 1 aromatic carbocycles.